The molecule has 2 N–H and O–H groups in total. The van der Waals surface area contributed by atoms with E-state index in [2.05, 4.69) is 30.9 Å². The fraction of sp³-hybridized carbons (Fsp3) is 0.125. The Morgan fingerprint density at radius 3 is 3.20 bits per heavy atom. The van der Waals surface area contributed by atoms with E-state index in [-0.39, 0.29) is 0 Å². The number of rotatable bonds is 3. The SMILES string of the molecule is N#Cc1ccnc(NCc2nn[nH]n2)c1. The first kappa shape index (κ1) is 9.08. The van der Waals surface area contributed by atoms with E-state index in [9.17, 15) is 0 Å². The van der Waals surface area contributed by atoms with Gasteiger partial charge in [-0.3, -0.25) is 0 Å². The molecule has 7 nitrogen and oxygen atoms in total. The van der Waals surface area contributed by atoms with Crippen LogP contribution in [-0.4, -0.2) is 25.6 Å². The molecular formula is C8H7N7. The minimum Gasteiger partial charge on any atom is -0.363 e. The summed E-state index contributed by atoms with van der Waals surface area (Å²) in [7, 11) is 0. The molecule has 7 heteroatoms. The van der Waals surface area contributed by atoms with E-state index in [1.54, 1.807) is 18.3 Å². The molecule has 0 spiro atoms. The number of H-pyrrole nitrogens is 1. The Labute approximate surface area is 85.2 Å². The molecule has 2 aromatic rings. The first-order valence-electron chi connectivity index (χ1n) is 4.21. The summed E-state index contributed by atoms with van der Waals surface area (Å²) < 4.78 is 0. The highest BCUT2D eigenvalue weighted by Gasteiger charge is 1.99. The number of pyridine rings is 1. The van der Waals surface area contributed by atoms with E-state index in [1.807, 2.05) is 6.07 Å². The molecule has 0 fully saturated rings. The Hall–Kier alpha value is -2.49. The monoisotopic (exact) mass is 201 g/mol. The van der Waals surface area contributed by atoms with Gasteiger partial charge in [0.1, 0.15) is 5.82 Å². The Balaban J connectivity index is 2.02. The molecule has 2 heterocycles. The molecule has 15 heavy (non-hydrogen) atoms. The van der Waals surface area contributed by atoms with Crippen LogP contribution in [0.2, 0.25) is 0 Å². The first-order valence-corrected chi connectivity index (χ1v) is 4.21. The summed E-state index contributed by atoms with van der Waals surface area (Å²) in [6.07, 6.45) is 1.57. The Morgan fingerprint density at radius 2 is 2.47 bits per heavy atom. The predicted octanol–water partition coefficient (Wildman–Crippen LogP) is 0.0785. The van der Waals surface area contributed by atoms with Crippen LogP contribution < -0.4 is 5.32 Å². The third-order valence-corrected chi connectivity index (χ3v) is 1.71. The number of tetrazole rings is 1. The third kappa shape index (κ3) is 2.25. The average Bonchev–Trinajstić information content (AvgIpc) is 2.79. The van der Waals surface area contributed by atoms with Gasteiger partial charge in [0.2, 0.25) is 0 Å². The minimum atomic E-state index is 0.415. The second-order valence-electron chi connectivity index (χ2n) is 2.72. The Bertz CT molecular complexity index is 470. The van der Waals surface area contributed by atoms with E-state index in [0.717, 1.165) is 0 Å². The highest BCUT2D eigenvalue weighted by molar-refractivity contribution is 5.42. The topological polar surface area (TPSA) is 103 Å². The van der Waals surface area contributed by atoms with Gasteiger partial charge in [-0.15, -0.1) is 10.2 Å². The number of aromatic nitrogens is 5. The summed E-state index contributed by atoms with van der Waals surface area (Å²) in [5, 5.41) is 25.0. The number of aromatic amines is 1. The summed E-state index contributed by atoms with van der Waals surface area (Å²) in [6, 6.07) is 5.32. The van der Waals surface area contributed by atoms with Crippen LogP contribution in [0.25, 0.3) is 0 Å². The lowest BCUT2D eigenvalue weighted by Crippen LogP contribution is -2.03. The maximum absolute atomic E-state index is 8.67. The van der Waals surface area contributed by atoms with Gasteiger partial charge in [0.25, 0.3) is 0 Å². The van der Waals surface area contributed by atoms with Crippen LogP contribution >= 0.6 is 0 Å². The van der Waals surface area contributed by atoms with Crippen molar-refractivity contribution in [3.63, 3.8) is 0 Å². The molecule has 2 rings (SSSR count). The van der Waals surface area contributed by atoms with Crippen LogP contribution in [-0.2, 0) is 6.54 Å². The zero-order valence-electron chi connectivity index (χ0n) is 7.68. The summed E-state index contributed by atoms with van der Waals surface area (Å²) in [5.41, 5.74) is 0.556. The van der Waals surface area contributed by atoms with Crippen LogP contribution in [0.4, 0.5) is 5.82 Å². The maximum atomic E-state index is 8.67. The van der Waals surface area contributed by atoms with Gasteiger partial charge in [0.05, 0.1) is 18.2 Å². The second-order valence-corrected chi connectivity index (χ2v) is 2.72. The Kier molecular flexibility index (Phi) is 2.51. The maximum Gasteiger partial charge on any atom is 0.193 e. The van der Waals surface area contributed by atoms with Crippen LogP contribution in [0.3, 0.4) is 0 Å². The van der Waals surface area contributed by atoms with E-state index < -0.39 is 0 Å². The first-order chi connectivity index (χ1) is 7.38. The fourth-order valence-corrected chi connectivity index (χ4v) is 1.02. The van der Waals surface area contributed by atoms with Gasteiger partial charge in [0.15, 0.2) is 5.82 Å². The Morgan fingerprint density at radius 1 is 1.53 bits per heavy atom. The second kappa shape index (κ2) is 4.15. The van der Waals surface area contributed by atoms with Gasteiger partial charge in [-0.05, 0) is 12.1 Å². The highest BCUT2D eigenvalue weighted by atomic mass is 15.5. The number of nitrogens with one attached hydrogen (secondary N) is 2. The number of nitrogens with zero attached hydrogens (tertiary/aromatic N) is 5. The molecule has 74 valence electrons. The van der Waals surface area contributed by atoms with Gasteiger partial charge >= 0.3 is 0 Å². The standard InChI is InChI=1S/C8H7N7/c9-4-6-1-2-10-7(3-6)11-5-8-12-14-15-13-8/h1-3H,5H2,(H,10,11)(H,12,13,14,15). The number of anilines is 1. The molecule has 0 unspecified atom stereocenters. The molecule has 0 bridgehead atoms. The molecule has 0 saturated carbocycles. The van der Waals surface area contributed by atoms with Crippen LogP contribution in [0.1, 0.15) is 11.4 Å². The number of hydrogen-bond donors (Lipinski definition) is 2. The quantitative estimate of drug-likeness (QED) is 0.728. The van der Waals surface area contributed by atoms with Crippen molar-refractivity contribution in [3.05, 3.63) is 29.7 Å². The van der Waals surface area contributed by atoms with Crippen molar-refractivity contribution >= 4 is 5.82 Å². The summed E-state index contributed by atoms with van der Waals surface area (Å²) >= 11 is 0. The van der Waals surface area contributed by atoms with Gasteiger partial charge in [0, 0.05) is 6.20 Å². The lowest BCUT2D eigenvalue weighted by atomic mass is 10.3. The molecular weight excluding hydrogens is 194 g/mol. The molecule has 0 aliphatic heterocycles. The molecule has 0 radical (unpaired) electrons. The average molecular weight is 201 g/mol. The lowest BCUT2D eigenvalue weighted by molar-refractivity contribution is 0.881. The molecule has 0 atom stereocenters. The van der Waals surface area contributed by atoms with Crippen LogP contribution in [0.15, 0.2) is 18.3 Å². The van der Waals surface area contributed by atoms with Crippen molar-refractivity contribution in [3.8, 4) is 6.07 Å². The van der Waals surface area contributed by atoms with Crippen molar-refractivity contribution in [1.29, 1.82) is 5.26 Å². The summed E-state index contributed by atoms with van der Waals surface area (Å²) in [5.74, 6) is 1.15. The van der Waals surface area contributed by atoms with E-state index in [0.29, 0.717) is 23.8 Å². The van der Waals surface area contributed by atoms with Crippen molar-refractivity contribution in [2.75, 3.05) is 5.32 Å². The largest absolute Gasteiger partial charge is 0.363 e. The van der Waals surface area contributed by atoms with E-state index >= 15 is 0 Å². The van der Waals surface area contributed by atoms with Gasteiger partial charge in [-0.2, -0.15) is 10.5 Å². The van der Waals surface area contributed by atoms with Gasteiger partial charge < -0.3 is 5.32 Å². The van der Waals surface area contributed by atoms with E-state index in [1.165, 1.54) is 0 Å². The molecule has 0 saturated heterocycles. The zero-order valence-corrected chi connectivity index (χ0v) is 7.68. The molecule has 0 aliphatic carbocycles. The fourth-order valence-electron chi connectivity index (χ4n) is 1.02. The zero-order chi connectivity index (χ0) is 10.5. The number of nitriles is 1. The van der Waals surface area contributed by atoms with Gasteiger partial charge in [-0.25, -0.2) is 4.98 Å². The van der Waals surface area contributed by atoms with Crippen molar-refractivity contribution in [2.45, 2.75) is 6.54 Å². The third-order valence-electron chi connectivity index (χ3n) is 1.71. The van der Waals surface area contributed by atoms with Crippen molar-refractivity contribution in [2.24, 2.45) is 0 Å². The van der Waals surface area contributed by atoms with Crippen molar-refractivity contribution in [1.82, 2.24) is 25.6 Å². The molecule has 0 aliphatic rings. The smallest absolute Gasteiger partial charge is 0.193 e. The van der Waals surface area contributed by atoms with Gasteiger partial charge in [-0.1, -0.05) is 5.21 Å². The van der Waals surface area contributed by atoms with Crippen molar-refractivity contribution < 1.29 is 0 Å². The number of hydrogen-bond acceptors (Lipinski definition) is 6. The van der Waals surface area contributed by atoms with Crippen LogP contribution in [0.5, 0.6) is 0 Å². The molecule has 0 amide bonds. The minimum absolute atomic E-state index is 0.415. The summed E-state index contributed by atoms with van der Waals surface area (Å²) in [4.78, 5) is 4.04. The van der Waals surface area contributed by atoms with E-state index in [4.69, 9.17) is 5.26 Å². The molecule has 2 aromatic heterocycles. The normalized spacial score (nSPS) is 9.53. The molecule has 0 aromatic carbocycles. The lowest BCUT2D eigenvalue weighted by Gasteiger charge is -2.01. The predicted molar refractivity (Wildman–Crippen MR) is 50.5 cm³/mol. The highest BCUT2D eigenvalue weighted by Crippen LogP contribution is 2.05. The summed E-state index contributed by atoms with van der Waals surface area (Å²) in [6.45, 7) is 0.415. The van der Waals surface area contributed by atoms with Crippen LogP contribution in [0, 0.1) is 11.3 Å².